The summed E-state index contributed by atoms with van der Waals surface area (Å²) in [6, 6.07) is 10.0. The lowest BCUT2D eigenvalue weighted by molar-refractivity contribution is 0.228. The highest BCUT2D eigenvalue weighted by molar-refractivity contribution is 9.10. The highest BCUT2D eigenvalue weighted by Crippen LogP contribution is 2.42. The fraction of sp³-hybridized carbons (Fsp3) is 0.231. The monoisotopic (exact) mass is 362 g/mol. The Morgan fingerprint density at radius 2 is 2.17 bits per heavy atom. The van der Waals surface area contributed by atoms with Crippen molar-refractivity contribution < 1.29 is 4.74 Å². The van der Waals surface area contributed by atoms with Gasteiger partial charge in [-0.05, 0) is 33.6 Å². The van der Waals surface area contributed by atoms with Gasteiger partial charge in [0, 0.05) is 15.8 Å². The number of thiophene rings is 1. The molecule has 0 bridgehead atoms. The van der Waals surface area contributed by atoms with Crippen LogP contribution in [0.2, 0.25) is 4.34 Å². The van der Waals surface area contributed by atoms with Gasteiger partial charge in [-0.2, -0.15) is 0 Å². The first kappa shape index (κ1) is 12.8. The quantitative estimate of drug-likeness (QED) is 0.645. The van der Waals surface area contributed by atoms with Crippen LogP contribution in [-0.2, 0) is 6.42 Å². The minimum atomic E-state index is -0.175. The summed E-state index contributed by atoms with van der Waals surface area (Å²) in [4.78, 5) is 1.03. The zero-order valence-electron chi connectivity index (χ0n) is 9.20. The number of hydrogen-bond donors (Lipinski definition) is 0. The number of benzene rings is 1. The smallest absolute Gasteiger partial charge is 0.124 e. The van der Waals surface area contributed by atoms with E-state index in [1.54, 1.807) is 0 Å². The molecule has 0 amide bonds. The summed E-state index contributed by atoms with van der Waals surface area (Å²) in [5, 5.41) is -0.175. The minimum Gasteiger partial charge on any atom is -0.488 e. The third-order valence-corrected chi connectivity index (χ3v) is 6.14. The van der Waals surface area contributed by atoms with E-state index in [0.29, 0.717) is 0 Å². The summed E-state index contributed by atoms with van der Waals surface area (Å²) >= 11 is 17.4. The van der Waals surface area contributed by atoms with E-state index in [9.17, 15) is 0 Å². The predicted octanol–water partition coefficient (Wildman–Crippen LogP) is 5.45. The van der Waals surface area contributed by atoms with Gasteiger partial charge in [0.15, 0.2) is 0 Å². The summed E-state index contributed by atoms with van der Waals surface area (Å²) < 4.78 is 7.51. The van der Waals surface area contributed by atoms with Crippen LogP contribution in [0.4, 0.5) is 0 Å². The third kappa shape index (κ3) is 2.29. The van der Waals surface area contributed by atoms with Gasteiger partial charge in [-0.15, -0.1) is 22.9 Å². The fourth-order valence-electron chi connectivity index (χ4n) is 2.05. The zero-order chi connectivity index (χ0) is 12.7. The van der Waals surface area contributed by atoms with Crippen LogP contribution in [0.15, 0.2) is 34.8 Å². The molecule has 0 radical (unpaired) electrons. The standard InChI is InChI=1S/C13H9BrCl2OS/c14-8-6-11(18-13(8)16)12(15)10-5-7-3-1-2-4-9(7)17-10/h1-4,6,10,12H,5H2. The van der Waals surface area contributed by atoms with E-state index in [0.717, 1.165) is 25.9 Å². The van der Waals surface area contributed by atoms with Crippen LogP contribution >= 0.6 is 50.5 Å². The number of halogens is 3. The molecule has 1 aliphatic heterocycles. The largest absolute Gasteiger partial charge is 0.488 e. The molecule has 1 aliphatic rings. The first-order valence-electron chi connectivity index (χ1n) is 5.48. The Bertz CT molecular complexity index is 540. The van der Waals surface area contributed by atoms with Gasteiger partial charge in [0.25, 0.3) is 0 Å². The van der Waals surface area contributed by atoms with Crippen LogP contribution in [0.5, 0.6) is 5.75 Å². The van der Waals surface area contributed by atoms with E-state index in [1.165, 1.54) is 16.9 Å². The second-order valence-electron chi connectivity index (χ2n) is 4.14. The van der Waals surface area contributed by atoms with E-state index in [2.05, 4.69) is 22.0 Å². The van der Waals surface area contributed by atoms with Crippen molar-refractivity contribution in [2.45, 2.75) is 17.9 Å². The number of ether oxygens (including phenoxy) is 1. The first-order valence-corrected chi connectivity index (χ1v) is 7.91. The Labute approximate surface area is 128 Å². The molecule has 0 spiro atoms. The van der Waals surface area contributed by atoms with Crippen molar-refractivity contribution >= 4 is 50.5 Å². The van der Waals surface area contributed by atoms with Crippen molar-refractivity contribution in [3.05, 3.63) is 49.6 Å². The Morgan fingerprint density at radius 1 is 1.39 bits per heavy atom. The number of fused-ring (bicyclic) bond motifs is 1. The maximum Gasteiger partial charge on any atom is 0.124 e. The van der Waals surface area contributed by atoms with Crippen LogP contribution in [0.3, 0.4) is 0 Å². The normalized spacial score (nSPS) is 19.4. The molecule has 2 heterocycles. The van der Waals surface area contributed by atoms with Gasteiger partial charge in [-0.1, -0.05) is 29.8 Å². The van der Waals surface area contributed by atoms with E-state index >= 15 is 0 Å². The number of para-hydroxylation sites is 1. The zero-order valence-corrected chi connectivity index (χ0v) is 13.1. The molecular formula is C13H9BrCl2OS. The summed E-state index contributed by atoms with van der Waals surface area (Å²) in [6.07, 6.45) is 0.822. The molecule has 18 heavy (non-hydrogen) atoms. The molecule has 0 fully saturated rings. The summed E-state index contributed by atoms with van der Waals surface area (Å²) in [6.45, 7) is 0. The van der Waals surface area contributed by atoms with E-state index in [-0.39, 0.29) is 11.5 Å². The van der Waals surface area contributed by atoms with Gasteiger partial charge in [-0.25, -0.2) is 0 Å². The lowest BCUT2D eigenvalue weighted by Gasteiger charge is -2.15. The maximum absolute atomic E-state index is 6.49. The molecule has 1 nitrogen and oxygen atoms in total. The molecule has 3 rings (SSSR count). The van der Waals surface area contributed by atoms with Gasteiger partial charge < -0.3 is 4.74 Å². The molecule has 1 aromatic heterocycles. The average Bonchev–Trinajstić information content (AvgIpc) is 2.93. The van der Waals surface area contributed by atoms with Crippen molar-refractivity contribution in [3.8, 4) is 5.75 Å². The molecule has 0 saturated heterocycles. The third-order valence-electron chi connectivity index (χ3n) is 2.93. The van der Waals surface area contributed by atoms with Crippen molar-refractivity contribution in [2.75, 3.05) is 0 Å². The molecule has 2 aromatic rings. The molecule has 1 aromatic carbocycles. The summed E-state index contributed by atoms with van der Waals surface area (Å²) in [5.41, 5.74) is 1.22. The van der Waals surface area contributed by atoms with E-state index < -0.39 is 0 Å². The van der Waals surface area contributed by atoms with Gasteiger partial charge in [0.05, 0.1) is 0 Å². The van der Waals surface area contributed by atoms with E-state index in [4.69, 9.17) is 27.9 Å². The second kappa shape index (κ2) is 5.04. The first-order chi connectivity index (χ1) is 8.65. The molecule has 94 valence electrons. The molecule has 5 heteroatoms. The fourth-order valence-corrected chi connectivity index (χ4v) is 4.16. The van der Waals surface area contributed by atoms with Crippen LogP contribution < -0.4 is 4.74 Å². The number of alkyl halides is 1. The molecule has 0 N–H and O–H groups in total. The Balaban J connectivity index is 1.82. The highest BCUT2D eigenvalue weighted by Gasteiger charge is 2.31. The van der Waals surface area contributed by atoms with Crippen LogP contribution in [0.25, 0.3) is 0 Å². The Kier molecular flexibility index (Phi) is 3.59. The summed E-state index contributed by atoms with van der Waals surface area (Å²) in [7, 11) is 0. The average molecular weight is 364 g/mol. The predicted molar refractivity (Wildman–Crippen MR) is 80.2 cm³/mol. The highest BCUT2D eigenvalue weighted by atomic mass is 79.9. The summed E-state index contributed by atoms with van der Waals surface area (Å²) in [5.74, 6) is 0.940. The lowest BCUT2D eigenvalue weighted by Crippen LogP contribution is -2.18. The lowest BCUT2D eigenvalue weighted by atomic mass is 10.1. The molecule has 0 saturated carbocycles. The molecule has 2 unspecified atom stereocenters. The van der Waals surface area contributed by atoms with Crippen molar-refractivity contribution in [1.82, 2.24) is 0 Å². The van der Waals surface area contributed by atoms with Crippen molar-refractivity contribution in [1.29, 1.82) is 0 Å². The minimum absolute atomic E-state index is 0.0225. The maximum atomic E-state index is 6.49. The van der Waals surface area contributed by atoms with Crippen LogP contribution in [0, 0.1) is 0 Å². The van der Waals surface area contributed by atoms with Gasteiger partial charge in [-0.3, -0.25) is 0 Å². The molecule has 0 aliphatic carbocycles. The second-order valence-corrected chi connectivity index (χ2v) is 7.15. The van der Waals surface area contributed by atoms with Gasteiger partial charge in [0.2, 0.25) is 0 Å². The van der Waals surface area contributed by atoms with Crippen molar-refractivity contribution in [2.24, 2.45) is 0 Å². The van der Waals surface area contributed by atoms with Crippen molar-refractivity contribution in [3.63, 3.8) is 0 Å². The molecular weight excluding hydrogens is 355 g/mol. The Hall–Kier alpha value is -0.220. The number of rotatable bonds is 2. The Morgan fingerprint density at radius 3 is 2.83 bits per heavy atom. The van der Waals surface area contributed by atoms with Gasteiger partial charge in [0.1, 0.15) is 21.6 Å². The number of hydrogen-bond acceptors (Lipinski definition) is 2. The van der Waals surface area contributed by atoms with E-state index in [1.807, 2.05) is 24.3 Å². The SMILES string of the molecule is Clc1sc(C(Cl)C2Cc3ccccc3O2)cc1Br. The van der Waals surface area contributed by atoms with Crippen LogP contribution in [0.1, 0.15) is 15.8 Å². The topological polar surface area (TPSA) is 9.23 Å². The molecule has 2 atom stereocenters. The van der Waals surface area contributed by atoms with Gasteiger partial charge >= 0.3 is 0 Å². The van der Waals surface area contributed by atoms with Crippen LogP contribution in [-0.4, -0.2) is 6.10 Å².